The lowest BCUT2D eigenvalue weighted by Gasteiger charge is -2.20. The van der Waals surface area contributed by atoms with E-state index in [1.54, 1.807) is 35.6 Å². The van der Waals surface area contributed by atoms with Crippen molar-refractivity contribution in [2.45, 2.75) is 24.8 Å². The number of alkyl halides is 4. The molecule has 0 aliphatic rings. The summed E-state index contributed by atoms with van der Waals surface area (Å²) in [5.41, 5.74) is 0.550. The minimum atomic E-state index is -4.87. The van der Waals surface area contributed by atoms with Crippen molar-refractivity contribution < 1.29 is 31.9 Å². The fourth-order valence-electron chi connectivity index (χ4n) is 1.54. The summed E-state index contributed by atoms with van der Waals surface area (Å²) in [5, 5.41) is 1.59. The number of amides is 1. The van der Waals surface area contributed by atoms with Gasteiger partial charge in [0.25, 0.3) is 5.91 Å². The van der Waals surface area contributed by atoms with Crippen LogP contribution in [0, 0.1) is 0 Å². The molecule has 116 valence electrons. The minimum absolute atomic E-state index is 0.154. The molecule has 0 aliphatic heterocycles. The zero-order valence-corrected chi connectivity index (χ0v) is 11.0. The molecule has 0 saturated carbocycles. The summed E-state index contributed by atoms with van der Waals surface area (Å²) in [6, 6.07) is 6.67. The predicted octanol–water partition coefficient (Wildman–Crippen LogP) is 1.79. The molecule has 0 bridgehead atoms. The van der Waals surface area contributed by atoms with Gasteiger partial charge in [-0.25, -0.2) is 13.6 Å². The molecule has 0 aliphatic carbocycles. The Morgan fingerprint density at radius 1 is 1.24 bits per heavy atom. The van der Waals surface area contributed by atoms with Crippen molar-refractivity contribution in [3.8, 4) is 0 Å². The normalized spacial score (nSPS) is 12.9. The molecule has 0 radical (unpaired) electrons. The topological polar surface area (TPSA) is 55.4 Å². The molecule has 4 nitrogen and oxygen atoms in total. The maximum atomic E-state index is 12.9. The number of esters is 1. The summed E-state index contributed by atoms with van der Waals surface area (Å²) in [5.74, 6) is -8.09. The van der Waals surface area contributed by atoms with Crippen LogP contribution in [-0.4, -0.2) is 37.4 Å². The van der Waals surface area contributed by atoms with E-state index >= 15 is 0 Å². The predicted molar refractivity (Wildman–Crippen MR) is 65.0 cm³/mol. The molecule has 0 saturated heterocycles. The first kappa shape index (κ1) is 16.9. The average molecular weight is 307 g/mol. The van der Waals surface area contributed by atoms with Crippen LogP contribution in [0.2, 0.25) is 0 Å². The third kappa shape index (κ3) is 4.44. The van der Waals surface area contributed by atoms with E-state index in [9.17, 15) is 27.2 Å². The van der Waals surface area contributed by atoms with Crippen LogP contribution >= 0.6 is 0 Å². The second-order valence-electron chi connectivity index (χ2n) is 4.16. The molecule has 1 rings (SSSR count). The van der Waals surface area contributed by atoms with Crippen molar-refractivity contribution in [2.24, 2.45) is 0 Å². The Labute approximate surface area is 118 Å². The van der Waals surface area contributed by atoms with Crippen molar-refractivity contribution in [1.82, 2.24) is 5.32 Å². The molecule has 1 unspecified atom stereocenters. The summed E-state index contributed by atoms with van der Waals surface area (Å²) in [6.45, 7) is 0. The lowest BCUT2D eigenvalue weighted by atomic mass is 10.1. The molecule has 1 N–H and O–H groups in total. The van der Waals surface area contributed by atoms with Gasteiger partial charge < -0.3 is 10.1 Å². The number of ether oxygens (including phenoxy) is 1. The van der Waals surface area contributed by atoms with E-state index in [2.05, 4.69) is 4.74 Å². The maximum absolute atomic E-state index is 12.9. The lowest BCUT2D eigenvalue weighted by Crippen LogP contribution is -2.52. The number of rotatable bonds is 6. The van der Waals surface area contributed by atoms with Crippen LogP contribution in [-0.2, 0) is 20.7 Å². The summed E-state index contributed by atoms with van der Waals surface area (Å²) >= 11 is 0. The molecule has 1 aromatic carbocycles. The Balaban J connectivity index is 2.85. The van der Waals surface area contributed by atoms with Crippen molar-refractivity contribution >= 4 is 11.9 Å². The second-order valence-corrected chi connectivity index (χ2v) is 4.16. The molecule has 8 heteroatoms. The molecule has 0 fully saturated rings. The zero-order chi connectivity index (χ0) is 16.0. The molecule has 1 aromatic rings. The molecule has 0 heterocycles. The summed E-state index contributed by atoms with van der Waals surface area (Å²) in [7, 11) is 0.998. The third-order valence-electron chi connectivity index (χ3n) is 2.65. The number of carbonyl (C=O) groups excluding carboxylic acids is 2. The van der Waals surface area contributed by atoms with Gasteiger partial charge in [0.15, 0.2) is 0 Å². The van der Waals surface area contributed by atoms with Crippen molar-refractivity contribution in [3.63, 3.8) is 0 Å². The van der Waals surface area contributed by atoms with E-state index in [-0.39, 0.29) is 6.42 Å². The largest absolute Gasteiger partial charge is 0.467 e. The third-order valence-corrected chi connectivity index (χ3v) is 2.65. The van der Waals surface area contributed by atoms with Gasteiger partial charge in [-0.05, 0) is 5.56 Å². The van der Waals surface area contributed by atoms with Gasteiger partial charge in [-0.2, -0.15) is 8.78 Å². The average Bonchev–Trinajstić information content (AvgIpc) is 2.46. The van der Waals surface area contributed by atoms with Crippen molar-refractivity contribution in [1.29, 1.82) is 0 Å². The number of carbonyl (C=O) groups is 2. The molecule has 0 spiro atoms. The van der Waals surface area contributed by atoms with Crippen LogP contribution in [0.3, 0.4) is 0 Å². The highest BCUT2D eigenvalue weighted by molar-refractivity contribution is 5.89. The van der Waals surface area contributed by atoms with Crippen LogP contribution in [0.5, 0.6) is 0 Å². The molecular formula is C13H13F4NO3. The summed E-state index contributed by atoms with van der Waals surface area (Å²) < 4.78 is 54.3. The SMILES string of the molecule is COC(=O)C(Cc1ccccc1)NC(=O)C(F)(F)C(F)F. The molecular weight excluding hydrogens is 294 g/mol. The highest BCUT2D eigenvalue weighted by atomic mass is 19.3. The van der Waals surface area contributed by atoms with Gasteiger partial charge in [0.05, 0.1) is 7.11 Å². The van der Waals surface area contributed by atoms with Gasteiger partial charge in [0, 0.05) is 6.42 Å². The van der Waals surface area contributed by atoms with Crippen LogP contribution in [0.1, 0.15) is 5.56 Å². The number of nitrogens with one attached hydrogen (secondary N) is 1. The van der Waals surface area contributed by atoms with Gasteiger partial charge in [-0.3, -0.25) is 4.79 Å². The first-order valence-corrected chi connectivity index (χ1v) is 5.87. The minimum Gasteiger partial charge on any atom is -0.467 e. The van der Waals surface area contributed by atoms with E-state index < -0.39 is 30.3 Å². The Morgan fingerprint density at radius 2 is 1.81 bits per heavy atom. The fourth-order valence-corrected chi connectivity index (χ4v) is 1.54. The van der Waals surface area contributed by atoms with Crippen LogP contribution in [0.25, 0.3) is 0 Å². The quantitative estimate of drug-likeness (QED) is 0.644. The molecule has 0 aromatic heterocycles. The van der Waals surface area contributed by atoms with E-state index in [4.69, 9.17) is 0 Å². The molecule has 1 amide bonds. The first-order chi connectivity index (χ1) is 9.78. The van der Waals surface area contributed by atoms with Crippen LogP contribution < -0.4 is 5.32 Å². The van der Waals surface area contributed by atoms with Crippen LogP contribution in [0.15, 0.2) is 30.3 Å². The van der Waals surface area contributed by atoms with E-state index in [1.807, 2.05) is 0 Å². The number of hydrogen-bond acceptors (Lipinski definition) is 3. The zero-order valence-electron chi connectivity index (χ0n) is 11.0. The van der Waals surface area contributed by atoms with Crippen molar-refractivity contribution in [3.05, 3.63) is 35.9 Å². The lowest BCUT2D eigenvalue weighted by molar-refractivity contribution is -0.171. The van der Waals surface area contributed by atoms with Crippen molar-refractivity contribution in [2.75, 3.05) is 7.11 Å². The van der Waals surface area contributed by atoms with Gasteiger partial charge in [-0.15, -0.1) is 0 Å². The Kier molecular flexibility index (Phi) is 5.69. The van der Waals surface area contributed by atoms with Gasteiger partial charge in [0.1, 0.15) is 6.04 Å². The molecule has 21 heavy (non-hydrogen) atoms. The molecule has 1 atom stereocenters. The van der Waals surface area contributed by atoms with E-state index in [0.717, 1.165) is 7.11 Å². The standard InChI is InChI=1S/C13H13F4NO3/c1-21-10(19)9(7-8-5-3-2-4-6-8)18-12(20)13(16,17)11(14)15/h2-6,9,11H,7H2,1H3,(H,18,20). The van der Waals surface area contributed by atoms with Gasteiger partial charge >= 0.3 is 18.3 Å². The maximum Gasteiger partial charge on any atom is 0.383 e. The Bertz CT molecular complexity index is 493. The summed E-state index contributed by atoms with van der Waals surface area (Å²) in [4.78, 5) is 22.7. The van der Waals surface area contributed by atoms with Crippen LogP contribution in [0.4, 0.5) is 17.6 Å². The monoisotopic (exact) mass is 307 g/mol. The number of halogens is 4. The Morgan fingerprint density at radius 3 is 2.29 bits per heavy atom. The number of benzene rings is 1. The summed E-state index contributed by atoms with van der Waals surface area (Å²) in [6.07, 6.45) is -4.31. The fraction of sp³-hybridized carbons (Fsp3) is 0.385. The van der Waals surface area contributed by atoms with Gasteiger partial charge in [-0.1, -0.05) is 30.3 Å². The second kappa shape index (κ2) is 7.05. The number of methoxy groups -OCH3 is 1. The van der Waals surface area contributed by atoms with E-state index in [0.29, 0.717) is 5.56 Å². The smallest absolute Gasteiger partial charge is 0.383 e. The first-order valence-electron chi connectivity index (χ1n) is 5.87. The highest BCUT2D eigenvalue weighted by Crippen LogP contribution is 2.23. The number of hydrogen-bond donors (Lipinski definition) is 1. The highest BCUT2D eigenvalue weighted by Gasteiger charge is 2.49. The van der Waals surface area contributed by atoms with Gasteiger partial charge in [0.2, 0.25) is 0 Å². The Hall–Kier alpha value is -2.12. The van der Waals surface area contributed by atoms with E-state index in [1.165, 1.54) is 0 Å².